The van der Waals surface area contributed by atoms with Crippen LogP contribution >= 0.6 is 0 Å². The lowest BCUT2D eigenvalue weighted by atomic mass is 9.82. The van der Waals surface area contributed by atoms with Gasteiger partial charge in [0.1, 0.15) is 5.56 Å². The Kier molecular flexibility index (Phi) is 5.02. The molecule has 0 aliphatic carbocycles. The summed E-state index contributed by atoms with van der Waals surface area (Å²) in [5.74, 6) is -0.00214. The molecule has 3 rings (SSSR count). The van der Waals surface area contributed by atoms with Crippen molar-refractivity contribution in [2.45, 2.75) is 57.2 Å². The minimum absolute atomic E-state index is 0.216. The van der Waals surface area contributed by atoms with Crippen molar-refractivity contribution < 1.29 is 14.6 Å². The molecule has 0 saturated carbocycles. The zero-order chi connectivity index (χ0) is 18.2. The van der Waals surface area contributed by atoms with Crippen LogP contribution in [0.15, 0.2) is 16.9 Å². The van der Waals surface area contributed by atoms with Crippen molar-refractivity contribution in [3.63, 3.8) is 0 Å². The molecule has 25 heavy (non-hydrogen) atoms. The number of ether oxygens (including phenoxy) is 1. The highest BCUT2D eigenvalue weighted by Gasteiger charge is 2.44. The van der Waals surface area contributed by atoms with Crippen LogP contribution in [0.1, 0.15) is 61.5 Å². The Morgan fingerprint density at radius 1 is 1.32 bits per heavy atom. The van der Waals surface area contributed by atoms with Gasteiger partial charge in [0.15, 0.2) is 0 Å². The first-order valence-electron chi connectivity index (χ1n) is 9.17. The Morgan fingerprint density at radius 2 is 2.00 bits per heavy atom. The quantitative estimate of drug-likeness (QED) is 0.882. The maximum absolute atomic E-state index is 12.8. The lowest BCUT2D eigenvalue weighted by Gasteiger charge is -2.46. The molecule has 1 N–H and O–H groups in total. The van der Waals surface area contributed by atoms with Crippen LogP contribution in [0.3, 0.4) is 0 Å². The molecule has 3 heterocycles. The minimum atomic E-state index is -0.512. The summed E-state index contributed by atoms with van der Waals surface area (Å²) in [6.07, 6.45) is 2.40. The van der Waals surface area contributed by atoms with Crippen LogP contribution in [-0.2, 0) is 11.8 Å². The number of piperidine rings is 1. The number of amides is 1. The van der Waals surface area contributed by atoms with Crippen molar-refractivity contribution in [2.75, 3.05) is 19.7 Å². The molecule has 0 aromatic carbocycles. The van der Waals surface area contributed by atoms with E-state index in [1.807, 2.05) is 19.9 Å². The van der Waals surface area contributed by atoms with E-state index >= 15 is 0 Å². The SMILES string of the molecule is CC(C)c1ccc(C(=O)N2CCC3(CC2)OCCCC3O)c(=O)n1C. The van der Waals surface area contributed by atoms with E-state index in [1.54, 1.807) is 22.6 Å². The monoisotopic (exact) mass is 348 g/mol. The second-order valence-electron chi connectivity index (χ2n) is 7.55. The molecule has 1 aromatic rings. The molecule has 6 nitrogen and oxygen atoms in total. The summed E-state index contributed by atoms with van der Waals surface area (Å²) in [5.41, 5.74) is 0.373. The number of nitrogens with zero attached hydrogens (tertiary/aromatic N) is 2. The standard InChI is InChI=1S/C19H28N2O4/c1-13(2)15-7-6-14(17(23)20(15)3)18(24)21-10-8-19(9-11-21)16(22)5-4-12-25-19/h6-7,13,16,22H,4-5,8-12H2,1-3H3. The summed E-state index contributed by atoms with van der Waals surface area (Å²) in [7, 11) is 1.71. The first-order chi connectivity index (χ1) is 11.9. The summed E-state index contributed by atoms with van der Waals surface area (Å²) in [4.78, 5) is 27.1. The largest absolute Gasteiger partial charge is 0.390 e. The molecule has 6 heteroatoms. The maximum atomic E-state index is 12.8. The van der Waals surface area contributed by atoms with E-state index in [0.29, 0.717) is 32.5 Å². The molecule has 0 bridgehead atoms. The Bertz CT molecular complexity index is 702. The second kappa shape index (κ2) is 6.92. The van der Waals surface area contributed by atoms with E-state index in [-0.39, 0.29) is 22.9 Å². The summed E-state index contributed by atoms with van der Waals surface area (Å²) in [6, 6.07) is 3.51. The zero-order valence-electron chi connectivity index (χ0n) is 15.3. The third-order valence-corrected chi connectivity index (χ3v) is 5.68. The van der Waals surface area contributed by atoms with Gasteiger partial charge in [-0.3, -0.25) is 9.59 Å². The van der Waals surface area contributed by atoms with Gasteiger partial charge in [-0.05, 0) is 43.7 Å². The van der Waals surface area contributed by atoms with Crippen LogP contribution in [0.4, 0.5) is 0 Å². The van der Waals surface area contributed by atoms with Crippen LogP contribution in [0, 0.1) is 0 Å². The van der Waals surface area contributed by atoms with Crippen molar-refractivity contribution in [1.82, 2.24) is 9.47 Å². The average molecular weight is 348 g/mol. The Balaban J connectivity index is 1.75. The van der Waals surface area contributed by atoms with Crippen LogP contribution < -0.4 is 5.56 Å². The Hall–Kier alpha value is -1.66. The number of hydrogen-bond donors (Lipinski definition) is 1. The van der Waals surface area contributed by atoms with Gasteiger partial charge >= 0.3 is 0 Å². The summed E-state index contributed by atoms with van der Waals surface area (Å²) >= 11 is 0. The van der Waals surface area contributed by atoms with Crippen molar-refractivity contribution in [3.05, 3.63) is 33.7 Å². The van der Waals surface area contributed by atoms with Crippen LogP contribution in [-0.4, -0.2) is 51.9 Å². The van der Waals surface area contributed by atoms with Gasteiger partial charge in [-0.15, -0.1) is 0 Å². The number of carbonyl (C=O) groups excluding carboxylic acids is 1. The van der Waals surface area contributed by atoms with E-state index < -0.39 is 11.7 Å². The molecule has 1 unspecified atom stereocenters. The molecule has 2 saturated heterocycles. The van der Waals surface area contributed by atoms with Gasteiger partial charge in [-0.2, -0.15) is 0 Å². The smallest absolute Gasteiger partial charge is 0.263 e. The summed E-state index contributed by atoms with van der Waals surface area (Å²) in [6.45, 7) is 5.73. The number of carbonyl (C=O) groups is 1. The molecule has 1 amide bonds. The van der Waals surface area contributed by atoms with Gasteiger partial charge in [0.25, 0.3) is 11.5 Å². The fourth-order valence-electron chi connectivity index (χ4n) is 4.04. The van der Waals surface area contributed by atoms with Crippen molar-refractivity contribution in [3.8, 4) is 0 Å². The normalized spacial score (nSPS) is 23.2. The number of aliphatic hydroxyl groups excluding tert-OH is 1. The first-order valence-corrected chi connectivity index (χ1v) is 9.17. The van der Waals surface area contributed by atoms with Gasteiger partial charge in [0, 0.05) is 32.4 Å². The maximum Gasteiger partial charge on any atom is 0.263 e. The zero-order valence-corrected chi connectivity index (χ0v) is 15.3. The van der Waals surface area contributed by atoms with Crippen LogP contribution in [0.5, 0.6) is 0 Å². The minimum Gasteiger partial charge on any atom is -0.390 e. The van der Waals surface area contributed by atoms with E-state index in [0.717, 1.165) is 18.5 Å². The van der Waals surface area contributed by atoms with Gasteiger partial charge in [0.05, 0.1) is 11.7 Å². The highest BCUT2D eigenvalue weighted by Crippen LogP contribution is 2.35. The fourth-order valence-corrected chi connectivity index (χ4v) is 4.04. The molecule has 2 aliphatic rings. The Morgan fingerprint density at radius 3 is 2.60 bits per heavy atom. The van der Waals surface area contributed by atoms with E-state index in [1.165, 1.54) is 0 Å². The van der Waals surface area contributed by atoms with Gasteiger partial charge < -0.3 is 19.3 Å². The molecule has 2 aliphatic heterocycles. The van der Waals surface area contributed by atoms with Crippen LogP contribution in [0.25, 0.3) is 0 Å². The third-order valence-electron chi connectivity index (χ3n) is 5.68. The predicted molar refractivity (Wildman–Crippen MR) is 94.8 cm³/mol. The van der Waals surface area contributed by atoms with Crippen LogP contribution in [0.2, 0.25) is 0 Å². The number of likely N-dealkylation sites (tertiary alicyclic amines) is 1. The molecular weight excluding hydrogens is 320 g/mol. The number of hydrogen-bond acceptors (Lipinski definition) is 4. The number of aromatic nitrogens is 1. The van der Waals surface area contributed by atoms with Gasteiger partial charge in [0.2, 0.25) is 0 Å². The van der Waals surface area contributed by atoms with E-state index in [4.69, 9.17) is 4.74 Å². The molecule has 1 atom stereocenters. The number of rotatable bonds is 2. The highest BCUT2D eigenvalue weighted by atomic mass is 16.5. The van der Waals surface area contributed by atoms with Crippen molar-refractivity contribution >= 4 is 5.91 Å². The number of aliphatic hydroxyl groups is 1. The highest BCUT2D eigenvalue weighted by molar-refractivity contribution is 5.94. The van der Waals surface area contributed by atoms with E-state index in [2.05, 4.69) is 0 Å². The number of pyridine rings is 1. The Labute approximate surface area is 148 Å². The van der Waals surface area contributed by atoms with Crippen molar-refractivity contribution in [1.29, 1.82) is 0 Å². The fraction of sp³-hybridized carbons (Fsp3) is 0.684. The molecule has 1 spiro atoms. The molecule has 2 fully saturated rings. The van der Waals surface area contributed by atoms with Gasteiger partial charge in [-0.1, -0.05) is 13.8 Å². The summed E-state index contributed by atoms with van der Waals surface area (Å²) in [5, 5.41) is 10.3. The molecular formula is C19H28N2O4. The second-order valence-corrected chi connectivity index (χ2v) is 7.55. The van der Waals surface area contributed by atoms with Crippen molar-refractivity contribution in [2.24, 2.45) is 7.05 Å². The molecule has 138 valence electrons. The van der Waals surface area contributed by atoms with E-state index in [9.17, 15) is 14.7 Å². The average Bonchev–Trinajstić information content (AvgIpc) is 2.60. The summed E-state index contributed by atoms with van der Waals surface area (Å²) < 4.78 is 7.45. The first kappa shape index (κ1) is 18.1. The molecule has 1 aromatic heterocycles. The topological polar surface area (TPSA) is 71.8 Å². The predicted octanol–water partition coefficient (Wildman–Crippen LogP) is 1.65. The lowest BCUT2D eigenvalue weighted by molar-refractivity contribution is -0.174. The molecule has 0 radical (unpaired) electrons. The lowest BCUT2D eigenvalue weighted by Crippen LogP contribution is -2.56. The van der Waals surface area contributed by atoms with Gasteiger partial charge in [-0.25, -0.2) is 0 Å². The third kappa shape index (κ3) is 3.25.